The second-order valence-corrected chi connectivity index (χ2v) is 22.4. The zero-order valence-electron chi connectivity index (χ0n) is 34.7. The normalized spacial score (nSPS) is 16.5. The first kappa shape index (κ1) is 41.0. The van der Waals surface area contributed by atoms with Crippen LogP contribution in [-0.2, 0) is 20.9 Å². The molecule has 1 atom stereocenters. The highest BCUT2D eigenvalue weighted by atomic mass is 28.4. The molecule has 0 radical (unpaired) electrons. The molecule has 5 rings (SSSR count). The summed E-state index contributed by atoms with van der Waals surface area (Å²) in [5.41, 5.74) is 4.18. The SMILES string of the molecule is COC(=O)N1CCC2(CC1)CN(c1nc(-c3cccc(OC[C@@H](CN(C)C(=O)OC(C)(C)C)O[Si](C)(C)C(C)(C)C)c3)nc(-c3c(C)cnn3C)c1C)C2. The number of likely N-dealkylation sites (N-methyl/N-ethyl adjacent to an activating group) is 1. The van der Waals surface area contributed by atoms with E-state index in [2.05, 4.69) is 50.8 Å². The summed E-state index contributed by atoms with van der Waals surface area (Å²) >= 11 is 0. The number of hydrogen-bond donors (Lipinski definition) is 0. The molecule has 14 heteroatoms. The molecule has 13 nitrogen and oxygen atoms in total. The standard InChI is InChI=1S/C40H61N7O6Si/c1-27-22-41-45(10)33(27)32-28(2)35(47-25-40(26-47)17-19-46(20-18-40)37(49)50-11)43-34(42-32)29-15-14-16-30(21-29)51-24-31(53-54(12,13)39(6,7)8)23-44(9)36(48)52-38(3,4)5/h14-16,21-22,31H,17-20,23-26H2,1-13H3/t31-/m1/s1. The molecule has 1 spiro atoms. The van der Waals surface area contributed by atoms with Crippen molar-refractivity contribution in [3.05, 3.63) is 41.6 Å². The van der Waals surface area contributed by atoms with Crippen LogP contribution in [0.2, 0.25) is 18.1 Å². The summed E-state index contributed by atoms with van der Waals surface area (Å²) in [5.74, 6) is 2.15. The Morgan fingerprint density at radius 1 is 1.04 bits per heavy atom. The van der Waals surface area contributed by atoms with Crippen molar-refractivity contribution in [3.63, 3.8) is 0 Å². The number of piperidine rings is 1. The Morgan fingerprint density at radius 2 is 1.70 bits per heavy atom. The van der Waals surface area contributed by atoms with Crippen molar-refractivity contribution in [2.75, 3.05) is 58.4 Å². The van der Waals surface area contributed by atoms with E-state index in [9.17, 15) is 9.59 Å². The van der Waals surface area contributed by atoms with Gasteiger partial charge in [-0.05, 0) is 83.3 Å². The van der Waals surface area contributed by atoms with Crippen LogP contribution in [0.15, 0.2) is 30.5 Å². The van der Waals surface area contributed by atoms with E-state index in [1.165, 1.54) is 7.11 Å². The predicted octanol–water partition coefficient (Wildman–Crippen LogP) is 7.47. The number of aryl methyl sites for hydroxylation is 2. The van der Waals surface area contributed by atoms with E-state index in [1.54, 1.807) is 16.8 Å². The number of methoxy groups -OCH3 is 1. The topological polar surface area (TPSA) is 124 Å². The van der Waals surface area contributed by atoms with Crippen LogP contribution in [0, 0.1) is 19.3 Å². The number of benzene rings is 1. The van der Waals surface area contributed by atoms with E-state index in [0.717, 1.165) is 59.8 Å². The van der Waals surface area contributed by atoms with Crippen molar-refractivity contribution in [3.8, 4) is 28.5 Å². The molecule has 0 unspecified atom stereocenters. The van der Waals surface area contributed by atoms with Crippen LogP contribution < -0.4 is 9.64 Å². The molecule has 296 valence electrons. The lowest BCUT2D eigenvalue weighted by Gasteiger charge is -2.54. The molecular weight excluding hydrogens is 703 g/mol. The van der Waals surface area contributed by atoms with Crippen LogP contribution in [0.25, 0.3) is 22.8 Å². The van der Waals surface area contributed by atoms with Gasteiger partial charge in [-0.3, -0.25) is 4.68 Å². The lowest BCUT2D eigenvalue weighted by molar-refractivity contribution is 0.0172. The van der Waals surface area contributed by atoms with Crippen molar-refractivity contribution >= 4 is 26.3 Å². The fraction of sp³-hybridized carbons (Fsp3) is 0.625. The monoisotopic (exact) mass is 763 g/mol. The number of hydrogen-bond acceptors (Lipinski definition) is 10. The number of aromatic nitrogens is 4. The van der Waals surface area contributed by atoms with Gasteiger partial charge >= 0.3 is 12.2 Å². The number of likely N-dealkylation sites (tertiary alicyclic amines) is 1. The molecule has 4 heterocycles. The Kier molecular flexibility index (Phi) is 11.8. The summed E-state index contributed by atoms with van der Waals surface area (Å²) in [6, 6.07) is 7.84. The van der Waals surface area contributed by atoms with E-state index in [-0.39, 0.29) is 29.3 Å². The summed E-state index contributed by atoms with van der Waals surface area (Å²) in [7, 11) is 2.89. The molecule has 0 bridgehead atoms. The Balaban J connectivity index is 1.41. The van der Waals surface area contributed by atoms with E-state index >= 15 is 0 Å². The van der Waals surface area contributed by atoms with Crippen LogP contribution >= 0.6 is 0 Å². The second kappa shape index (κ2) is 15.5. The summed E-state index contributed by atoms with van der Waals surface area (Å²) in [6.07, 6.45) is 2.67. The minimum absolute atomic E-state index is 0.0312. The molecule has 0 N–H and O–H groups in total. The zero-order chi connectivity index (χ0) is 39.8. The molecule has 3 aromatic rings. The molecule has 2 fully saturated rings. The Hall–Kier alpha value is -4.17. The van der Waals surface area contributed by atoms with Gasteiger partial charge in [0.25, 0.3) is 0 Å². The van der Waals surface area contributed by atoms with Gasteiger partial charge in [0.2, 0.25) is 0 Å². The first-order chi connectivity index (χ1) is 25.1. The number of amides is 2. The lowest BCUT2D eigenvalue weighted by Crippen LogP contribution is -2.61. The van der Waals surface area contributed by atoms with Crippen molar-refractivity contribution in [1.82, 2.24) is 29.5 Å². The molecule has 2 aromatic heterocycles. The molecule has 0 aliphatic carbocycles. The van der Waals surface area contributed by atoms with E-state index < -0.39 is 20.0 Å². The first-order valence-corrected chi connectivity index (χ1v) is 21.8. The highest BCUT2D eigenvalue weighted by molar-refractivity contribution is 6.74. The molecule has 0 saturated carbocycles. The minimum atomic E-state index is -2.22. The third-order valence-corrected chi connectivity index (χ3v) is 15.6. The highest BCUT2D eigenvalue weighted by Gasteiger charge is 2.47. The number of carbonyl (C=O) groups is 2. The number of nitrogens with zero attached hydrogens (tertiary/aromatic N) is 7. The minimum Gasteiger partial charge on any atom is -0.491 e. The van der Waals surface area contributed by atoms with Gasteiger partial charge in [0.15, 0.2) is 14.1 Å². The van der Waals surface area contributed by atoms with Gasteiger partial charge in [-0.1, -0.05) is 32.9 Å². The second-order valence-electron chi connectivity index (χ2n) is 17.7. The van der Waals surface area contributed by atoms with Crippen molar-refractivity contribution < 1.29 is 28.2 Å². The van der Waals surface area contributed by atoms with Crippen LogP contribution in [0.1, 0.15) is 65.5 Å². The maximum atomic E-state index is 12.9. The maximum absolute atomic E-state index is 12.9. The molecule has 54 heavy (non-hydrogen) atoms. The van der Waals surface area contributed by atoms with E-state index in [0.29, 0.717) is 31.2 Å². The average molecular weight is 764 g/mol. The first-order valence-electron chi connectivity index (χ1n) is 18.9. The Morgan fingerprint density at radius 3 is 2.28 bits per heavy atom. The average Bonchev–Trinajstić information content (AvgIpc) is 3.41. The van der Waals surface area contributed by atoms with Crippen LogP contribution in [0.5, 0.6) is 5.75 Å². The Bertz CT molecular complexity index is 1800. The lowest BCUT2D eigenvalue weighted by atomic mass is 9.72. The smallest absolute Gasteiger partial charge is 0.410 e. The number of ether oxygens (including phenoxy) is 3. The van der Waals surface area contributed by atoms with Crippen LogP contribution in [0.4, 0.5) is 15.4 Å². The van der Waals surface area contributed by atoms with Gasteiger partial charge in [-0.15, -0.1) is 0 Å². The molecular formula is C40H61N7O6Si. The van der Waals surface area contributed by atoms with Crippen LogP contribution in [0.3, 0.4) is 0 Å². The van der Waals surface area contributed by atoms with Gasteiger partial charge in [-0.2, -0.15) is 5.10 Å². The molecule has 2 aliphatic rings. The van der Waals surface area contributed by atoms with Crippen molar-refractivity contribution in [1.29, 1.82) is 0 Å². The van der Waals surface area contributed by atoms with E-state index in [1.807, 2.05) is 69.9 Å². The predicted molar refractivity (Wildman–Crippen MR) is 213 cm³/mol. The van der Waals surface area contributed by atoms with Crippen molar-refractivity contribution in [2.45, 2.75) is 98.1 Å². The largest absolute Gasteiger partial charge is 0.491 e. The van der Waals surface area contributed by atoms with Gasteiger partial charge in [0, 0.05) is 56.8 Å². The summed E-state index contributed by atoms with van der Waals surface area (Å²) < 4.78 is 25.7. The van der Waals surface area contributed by atoms with Gasteiger partial charge in [0.1, 0.15) is 23.8 Å². The summed E-state index contributed by atoms with van der Waals surface area (Å²) in [5, 5.41) is 4.49. The van der Waals surface area contributed by atoms with E-state index in [4.69, 9.17) is 28.6 Å². The summed E-state index contributed by atoms with van der Waals surface area (Å²) in [6.45, 7) is 24.4. The highest BCUT2D eigenvalue weighted by Crippen LogP contribution is 2.45. The van der Waals surface area contributed by atoms with Gasteiger partial charge in [0.05, 0.1) is 37.3 Å². The maximum Gasteiger partial charge on any atom is 0.410 e. The quantitative estimate of drug-likeness (QED) is 0.192. The van der Waals surface area contributed by atoms with Crippen LogP contribution in [-0.4, -0.2) is 115 Å². The number of carbonyl (C=O) groups excluding carboxylic acids is 2. The van der Waals surface area contributed by atoms with Gasteiger partial charge in [-0.25, -0.2) is 19.6 Å². The summed E-state index contributed by atoms with van der Waals surface area (Å²) in [4.78, 5) is 41.1. The number of anilines is 1. The third-order valence-electron chi connectivity index (χ3n) is 11.1. The fourth-order valence-electron chi connectivity index (χ4n) is 6.93. The van der Waals surface area contributed by atoms with Gasteiger partial charge < -0.3 is 33.3 Å². The molecule has 1 aromatic carbocycles. The molecule has 2 aliphatic heterocycles. The third kappa shape index (κ3) is 9.19. The number of rotatable bonds is 10. The molecule has 2 saturated heterocycles. The zero-order valence-corrected chi connectivity index (χ0v) is 35.7. The molecule has 2 amide bonds. The fourth-order valence-corrected chi connectivity index (χ4v) is 8.26. The Labute approximate surface area is 322 Å². The van der Waals surface area contributed by atoms with Crippen molar-refractivity contribution in [2.24, 2.45) is 12.5 Å².